The van der Waals surface area contributed by atoms with Crippen LogP contribution in [0.4, 0.5) is 0 Å². The predicted molar refractivity (Wildman–Crippen MR) is 17.4 cm³/mol. The van der Waals surface area contributed by atoms with Gasteiger partial charge in [0.2, 0.25) is 0 Å². The van der Waals surface area contributed by atoms with Crippen molar-refractivity contribution in [1.29, 1.82) is 0 Å². The summed E-state index contributed by atoms with van der Waals surface area (Å²) in [6.45, 7) is 2.25. The summed E-state index contributed by atoms with van der Waals surface area (Å²) in [6, 6.07) is 0. The summed E-state index contributed by atoms with van der Waals surface area (Å²) in [4.78, 5) is 0. The second kappa shape index (κ2) is 26.1. The fraction of sp³-hybridized carbons (Fsp3) is 1.00. The minimum absolute atomic E-state index is 0. The number of rotatable bonds is 1. The fourth-order valence-corrected chi connectivity index (χ4v) is 0. The summed E-state index contributed by atoms with van der Waals surface area (Å²) in [7, 11) is 0. The van der Waals surface area contributed by atoms with Crippen molar-refractivity contribution in [2.24, 2.45) is 0 Å². The summed E-state index contributed by atoms with van der Waals surface area (Å²) in [6.07, 6.45) is 0.875. The van der Waals surface area contributed by atoms with Crippen LogP contribution >= 0.6 is 0 Å². The first-order chi connectivity index (χ1) is 1.91. The molecule has 0 fully saturated rings. The van der Waals surface area contributed by atoms with Crippen LogP contribution in [0.1, 0.15) is 13.3 Å². The minimum atomic E-state index is 0. The van der Waals surface area contributed by atoms with E-state index >= 15 is 0 Å². The molecule has 0 aromatic carbocycles. The molecule has 0 atom stereocenters. The van der Waals surface area contributed by atoms with Gasteiger partial charge < -0.3 is 29.9 Å². The molecule has 0 unspecified atom stereocenters. The Hall–Kier alpha value is 1.42. The number of aliphatic hydroxyl groups is 1. The molecule has 4 heteroatoms. The molecule has 0 saturated carbocycles. The van der Waals surface area contributed by atoms with E-state index in [9.17, 15) is 0 Å². The van der Waals surface area contributed by atoms with Crippen LogP contribution in [0, 0.1) is 0 Å². The summed E-state index contributed by atoms with van der Waals surface area (Å²) in [5.41, 5.74) is 0. The normalized spacial score (nSPS) is 4.29. The van der Waals surface area contributed by atoms with Gasteiger partial charge in [0.15, 0.2) is 0 Å². The zero-order chi connectivity index (χ0) is 3.41. The third-order valence-corrected chi connectivity index (χ3v) is 0.224. The van der Waals surface area contributed by atoms with Crippen molar-refractivity contribution in [3.05, 3.63) is 0 Å². The van der Waals surface area contributed by atoms with Crippen molar-refractivity contribution in [3.8, 4) is 0 Å². The third-order valence-electron chi connectivity index (χ3n) is 0.224. The molecule has 0 aliphatic heterocycles. The molecule has 0 spiro atoms. The molecule has 0 saturated heterocycles. The Morgan fingerprint density at radius 1 is 1.29 bits per heavy atom. The molecule has 0 rings (SSSR count). The Labute approximate surface area is 75.8 Å². The maximum atomic E-state index is 7.88. The molecular weight excluding hydrogens is 214 g/mol. The van der Waals surface area contributed by atoms with E-state index in [0.717, 1.165) is 6.42 Å². The maximum absolute atomic E-state index is 7.88. The Balaban J connectivity index is -0.0000000150. The Morgan fingerprint density at radius 2 is 1.43 bits per heavy atom. The molecule has 0 aliphatic rings. The zero-order valence-electron chi connectivity index (χ0n) is 4.12. The SMILES string of the molecule is CCCO.[Cl-].[Cl-].[Zr+2]. The van der Waals surface area contributed by atoms with Gasteiger partial charge in [-0.25, -0.2) is 0 Å². The van der Waals surface area contributed by atoms with Crippen molar-refractivity contribution in [2.75, 3.05) is 6.61 Å². The molecule has 0 radical (unpaired) electrons. The zero-order valence-corrected chi connectivity index (χ0v) is 8.09. The first-order valence-electron chi connectivity index (χ1n) is 1.52. The van der Waals surface area contributed by atoms with Crippen LogP contribution in [0.15, 0.2) is 0 Å². The summed E-state index contributed by atoms with van der Waals surface area (Å²) in [5.74, 6) is 0. The van der Waals surface area contributed by atoms with Crippen LogP contribution in [0.5, 0.6) is 0 Å². The third kappa shape index (κ3) is 37.2. The number of halogens is 2. The smallest absolute Gasteiger partial charge is 1.00 e. The maximum Gasteiger partial charge on any atom is 2.00 e. The van der Waals surface area contributed by atoms with E-state index in [0.29, 0.717) is 6.61 Å². The van der Waals surface area contributed by atoms with Gasteiger partial charge >= 0.3 is 26.2 Å². The van der Waals surface area contributed by atoms with Gasteiger partial charge in [0.1, 0.15) is 0 Å². The molecule has 1 N–H and O–H groups in total. The van der Waals surface area contributed by atoms with E-state index in [1.165, 1.54) is 0 Å². The van der Waals surface area contributed by atoms with Gasteiger partial charge in [-0.15, -0.1) is 0 Å². The quantitative estimate of drug-likeness (QED) is 0.469. The van der Waals surface area contributed by atoms with Gasteiger partial charge in [0, 0.05) is 6.61 Å². The number of hydrogen-bond donors (Lipinski definition) is 1. The number of aliphatic hydroxyl groups excluding tert-OH is 1. The van der Waals surface area contributed by atoms with Gasteiger partial charge in [0.05, 0.1) is 0 Å². The van der Waals surface area contributed by atoms with E-state index < -0.39 is 0 Å². The predicted octanol–water partition coefficient (Wildman–Crippen LogP) is -5.61. The summed E-state index contributed by atoms with van der Waals surface area (Å²) < 4.78 is 0. The van der Waals surface area contributed by atoms with E-state index in [1.807, 2.05) is 6.92 Å². The molecule has 44 valence electrons. The molecular formula is C3H8Cl2OZr. The number of hydrogen-bond acceptors (Lipinski definition) is 1. The van der Waals surface area contributed by atoms with E-state index in [4.69, 9.17) is 5.11 Å². The molecule has 0 aromatic rings. The monoisotopic (exact) mass is 220 g/mol. The van der Waals surface area contributed by atoms with Gasteiger partial charge in [0.25, 0.3) is 0 Å². The van der Waals surface area contributed by atoms with Crippen molar-refractivity contribution in [1.82, 2.24) is 0 Å². The standard InChI is InChI=1S/C3H8O.2ClH.Zr/c1-2-3-4;;;/h4H,2-3H2,1H3;2*1H;/q;;;+2/p-2. The van der Waals surface area contributed by atoms with Crippen LogP contribution < -0.4 is 24.8 Å². The van der Waals surface area contributed by atoms with Crippen molar-refractivity contribution < 1.29 is 56.1 Å². The molecule has 1 nitrogen and oxygen atoms in total. The van der Waals surface area contributed by atoms with E-state index in [1.54, 1.807) is 0 Å². The van der Waals surface area contributed by atoms with Crippen LogP contribution in [0.3, 0.4) is 0 Å². The summed E-state index contributed by atoms with van der Waals surface area (Å²) in [5, 5.41) is 7.88. The Bertz CT molecular complexity index is 14.9. The first-order valence-corrected chi connectivity index (χ1v) is 1.52. The molecule has 0 aromatic heterocycles. The molecule has 0 aliphatic carbocycles. The average molecular weight is 222 g/mol. The first kappa shape index (κ1) is 23.7. The van der Waals surface area contributed by atoms with Crippen molar-refractivity contribution >= 4 is 0 Å². The summed E-state index contributed by atoms with van der Waals surface area (Å²) >= 11 is 0. The van der Waals surface area contributed by atoms with Gasteiger partial charge in [-0.3, -0.25) is 0 Å². The van der Waals surface area contributed by atoms with Gasteiger partial charge in [-0.05, 0) is 6.42 Å². The second-order valence-electron chi connectivity index (χ2n) is 0.724. The average Bonchev–Trinajstić information content (AvgIpc) is 1.37. The van der Waals surface area contributed by atoms with Crippen LogP contribution in [-0.2, 0) is 26.2 Å². The molecule has 0 amide bonds. The Morgan fingerprint density at radius 3 is 1.43 bits per heavy atom. The second-order valence-corrected chi connectivity index (χ2v) is 0.724. The van der Waals surface area contributed by atoms with Crippen molar-refractivity contribution in [2.45, 2.75) is 13.3 Å². The van der Waals surface area contributed by atoms with E-state index in [-0.39, 0.29) is 51.0 Å². The molecule has 0 bridgehead atoms. The topological polar surface area (TPSA) is 20.2 Å². The van der Waals surface area contributed by atoms with Crippen LogP contribution in [-0.4, -0.2) is 11.7 Å². The van der Waals surface area contributed by atoms with Crippen molar-refractivity contribution in [3.63, 3.8) is 0 Å². The van der Waals surface area contributed by atoms with E-state index in [2.05, 4.69) is 0 Å². The van der Waals surface area contributed by atoms with Gasteiger partial charge in [-0.1, -0.05) is 6.92 Å². The van der Waals surface area contributed by atoms with Gasteiger partial charge in [-0.2, -0.15) is 0 Å². The molecule has 7 heavy (non-hydrogen) atoms. The fourth-order valence-electron chi connectivity index (χ4n) is 0. The van der Waals surface area contributed by atoms with Crippen LogP contribution in [0.2, 0.25) is 0 Å². The minimum Gasteiger partial charge on any atom is -1.00 e. The molecule has 0 heterocycles. The van der Waals surface area contributed by atoms with Crippen LogP contribution in [0.25, 0.3) is 0 Å². The Kier molecular flexibility index (Phi) is 88.6. The largest absolute Gasteiger partial charge is 2.00 e.